The average molecular weight is 532 g/mol. The monoisotopic (exact) mass is 531 g/mol. The van der Waals surface area contributed by atoms with Gasteiger partial charge in [-0.15, -0.1) is 0 Å². The number of nitrogens with zero attached hydrogens (tertiary/aromatic N) is 1. The van der Waals surface area contributed by atoms with Gasteiger partial charge in [-0.2, -0.15) is 0 Å². The highest BCUT2D eigenvalue weighted by Crippen LogP contribution is 2.37. The molecular weight excluding hydrogens is 489 g/mol. The van der Waals surface area contributed by atoms with Crippen molar-refractivity contribution >= 4 is 17.5 Å². The van der Waals surface area contributed by atoms with E-state index in [1.54, 1.807) is 6.07 Å². The van der Waals surface area contributed by atoms with Crippen LogP contribution in [0.5, 0.6) is 5.75 Å². The maximum absolute atomic E-state index is 15.3. The van der Waals surface area contributed by atoms with Crippen molar-refractivity contribution in [2.24, 2.45) is 17.8 Å². The molecule has 0 bridgehead atoms. The predicted molar refractivity (Wildman–Crippen MR) is 154 cm³/mol. The number of anilines is 1. The van der Waals surface area contributed by atoms with Crippen molar-refractivity contribution in [1.82, 2.24) is 0 Å². The maximum atomic E-state index is 15.3. The van der Waals surface area contributed by atoms with Gasteiger partial charge in [0.05, 0.1) is 11.8 Å². The van der Waals surface area contributed by atoms with E-state index in [1.807, 2.05) is 36.4 Å². The lowest BCUT2D eigenvalue weighted by Crippen LogP contribution is -2.25. The van der Waals surface area contributed by atoms with E-state index in [4.69, 9.17) is 9.47 Å². The van der Waals surface area contributed by atoms with Crippen LogP contribution in [0.3, 0.4) is 0 Å². The first-order valence-corrected chi connectivity index (χ1v) is 15.3. The van der Waals surface area contributed by atoms with Gasteiger partial charge in [-0.25, -0.2) is 4.39 Å². The summed E-state index contributed by atoms with van der Waals surface area (Å²) in [4.78, 5) is 15.7. The van der Waals surface area contributed by atoms with Gasteiger partial charge in [0.15, 0.2) is 5.78 Å². The van der Waals surface area contributed by atoms with E-state index in [2.05, 4.69) is 11.0 Å². The minimum absolute atomic E-state index is 0.122. The predicted octanol–water partition coefficient (Wildman–Crippen LogP) is 7.64. The molecule has 0 N–H and O–H groups in total. The summed E-state index contributed by atoms with van der Waals surface area (Å²) in [6.07, 6.45) is 16.7. The molecule has 208 valence electrons. The normalized spacial score (nSPS) is 25.9. The molecule has 4 aliphatic rings. The van der Waals surface area contributed by atoms with Crippen LogP contribution in [-0.2, 0) is 11.2 Å². The lowest BCUT2D eigenvalue weighted by Gasteiger charge is -2.28. The second kappa shape index (κ2) is 12.2. The summed E-state index contributed by atoms with van der Waals surface area (Å²) < 4.78 is 27.1. The lowest BCUT2D eigenvalue weighted by molar-refractivity contribution is -0.0110. The van der Waals surface area contributed by atoms with Crippen LogP contribution < -0.4 is 9.64 Å². The molecule has 6 rings (SSSR count). The van der Waals surface area contributed by atoms with Crippen LogP contribution in [0, 0.1) is 23.6 Å². The van der Waals surface area contributed by atoms with Crippen LogP contribution in [-0.4, -0.2) is 38.2 Å². The first-order valence-electron chi connectivity index (χ1n) is 15.3. The standard InChI is InChI=1S/C34H42FNO3/c35-32-20-24(12-15-33(32)36-17-16-28(22-36)25-7-2-1-3-8-25)19-27-10-6-9-26-21-29(13-14-31(26)34(27)37)39-23-30-11-4-5-18-38-30/h6,9,12-15,20-21,25,27-28,30H,1-5,7-8,10-11,16-19,22-23H2/t27?,28-,30?/m1/s1. The average Bonchev–Trinajstić information content (AvgIpc) is 3.41. The number of benzene rings is 2. The number of Topliss-reactive ketones (excluding diaryl/α,β-unsaturated/α-hetero) is 1. The van der Waals surface area contributed by atoms with E-state index >= 15 is 4.39 Å². The molecule has 0 radical (unpaired) electrons. The molecule has 3 atom stereocenters. The first kappa shape index (κ1) is 26.6. The number of carbonyl (C=O) groups is 1. The molecule has 2 aliphatic carbocycles. The minimum atomic E-state index is -0.197. The number of hydrogen-bond donors (Lipinski definition) is 0. The third-order valence-electron chi connectivity index (χ3n) is 9.46. The van der Waals surface area contributed by atoms with Crippen LogP contribution in [0.15, 0.2) is 42.5 Å². The SMILES string of the molecule is O=C1c2ccc(OCC3CCCCO3)cc2C=CCC1Cc1ccc(N2CC[C@@H](C3CCCCC3)C2)c(F)c1. The van der Waals surface area contributed by atoms with E-state index in [-0.39, 0.29) is 23.6 Å². The Kier molecular flexibility index (Phi) is 8.34. The summed E-state index contributed by atoms with van der Waals surface area (Å²) in [6, 6.07) is 11.4. The lowest BCUT2D eigenvalue weighted by atomic mass is 9.80. The molecule has 2 aromatic rings. The Bertz CT molecular complexity index is 1180. The molecule has 39 heavy (non-hydrogen) atoms. The summed E-state index contributed by atoms with van der Waals surface area (Å²) in [5.41, 5.74) is 3.23. The van der Waals surface area contributed by atoms with Gasteiger partial charge in [0.1, 0.15) is 18.2 Å². The highest BCUT2D eigenvalue weighted by atomic mass is 19.1. The minimum Gasteiger partial charge on any atom is -0.491 e. The molecule has 0 aromatic heterocycles. The molecular formula is C34H42FNO3. The molecule has 2 aromatic carbocycles. The molecule has 3 fully saturated rings. The van der Waals surface area contributed by atoms with Crippen LogP contribution >= 0.6 is 0 Å². The Morgan fingerprint density at radius 3 is 2.64 bits per heavy atom. The second-order valence-corrected chi connectivity index (χ2v) is 12.1. The van der Waals surface area contributed by atoms with Gasteiger partial charge in [-0.1, -0.05) is 50.3 Å². The third kappa shape index (κ3) is 6.24. The number of halogens is 1. The van der Waals surface area contributed by atoms with Gasteiger partial charge < -0.3 is 14.4 Å². The Hall–Kier alpha value is -2.66. The molecule has 2 aliphatic heterocycles. The summed E-state index contributed by atoms with van der Waals surface area (Å²) in [5.74, 6) is 2.05. The summed E-state index contributed by atoms with van der Waals surface area (Å²) in [6.45, 7) is 3.27. The van der Waals surface area contributed by atoms with Gasteiger partial charge in [0.2, 0.25) is 0 Å². The molecule has 0 amide bonds. The summed E-state index contributed by atoms with van der Waals surface area (Å²) in [7, 11) is 0. The fourth-order valence-electron chi connectivity index (χ4n) is 7.20. The highest BCUT2D eigenvalue weighted by molar-refractivity contribution is 6.02. The van der Waals surface area contributed by atoms with Crippen LogP contribution in [0.4, 0.5) is 10.1 Å². The quantitative estimate of drug-likeness (QED) is 0.368. The fourth-order valence-corrected chi connectivity index (χ4v) is 7.20. The number of rotatable bonds is 7. The van der Waals surface area contributed by atoms with Gasteiger partial charge in [0.25, 0.3) is 0 Å². The van der Waals surface area contributed by atoms with Crippen LogP contribution in [0.2, 0.25) is 0 Å². The van der Waals surface area contributed by atoms with Gasteiger partial charge in [0, 0.05) is 31.2 Å². The van der Waals surface area contributed by atoms with E-state index in [0.717, 1.165) is 66.6 Å². The number of ketones is 1. The molecule has 4 nitrogen and oxygen atoms in total. The molecule has 0 spiro atoms. The Morgan fingerprint density at radius 1 is 0.949 bits per heavy atom. The van der Waals surface area contributed by atoms with E-state index < -0.39 is 0 Å². The number of carbonyl (C=O) groups excluding carboxylic acids is 1. The van der Waals surface area contributed by atoms with Gasteiger partial charge in [-0.05, 0) is 91.8 Å². The summed E-state index contributed by atoms with van der Waals surface area (Å²) in [5, 5.41) is 0. The van der Waals surface area contributed by atoms with Crippen molar-refractivity contribution in [3.63, 3.8) is 0 Å². The van der Waals surface area contributed by atoms with Crippen LogP contribution in [0.25, 0.3) is 6.08 Å². The third-order valence-corrected chi connectivity index (χ3v) is 9.46. The van der Waals surface area contributed by atoms with Gasteiger partial charge in [-0.3, -0.25) is 4.79 Å². The van der Waals surface area contributed by atoms with Gasteiger partial charge >= 0.3 is 0 Å². The zero-order chi connectivity index (χ0) is 26.6. The van der Waals surface area contributed by atoms with Crippen molar-refractivity contribution < 1.29 is 18.7 Å². The van der Waals surface area contributed by atoms with Crippen molar-refractivity contribution in [2.45, 2.75) is 76.7 Å². The smallest absolute Gasteiger partial charge is 0.167 e. The molecule has 2 unspecified atom stereocenters. The topological polar surface area (TPSA) is 38.8 Å². The summed E-state index contributed by atoms with van der Waals surface area (Å²) >= 11 is 0. The van der Waals surface area contributed by atoms with E-state index in [9.17, 15) is 4.79 Å². The van der Waals surface area contributed by atoms with Crippen molar-refractivity contribution in [3.8, 4) is 5.75 Å². The number of fused-ring (bicyclic) bond motifs is 1. The molecule has 5 heteroatoms. The zero-order valence-electron chi connectivity index (χ0n) is 23.1. The molecule has 2 saturated heterocycles. The van der Waals surface area contributed by atoms with Crippen molar-refractivity contribution in [3.05, 3.63) is 65.0 Å². The number of ether oxygens (including phenoxy) is 2. The fraction of sp³-hybridized carbons (Fsp3) is 0.559. The molecule has 2 heterocycles. The first-order chi connectivity index (χ1) is 19.1. The van der Waals surface area contributed by atoms with E-state index in [1.165, 1.54) is 44.9 Å². The Labute approximate surface area is 232 Å². The highest BCUT2D eigenvalue weighted by Gasteiger charge is 2.31. The largest absolute Gasteiger partial charge is 0.491 e. The van der Waals surface area contributed by atoms with E-state index in [0.29, 0.717) is 25.4 Å². The number of allylic oxidation sites excluding steroid dienone is 1. The van der Waals surface area contributed by atoms with Crippen molar-refractivity contribution in [2.75, 3.05) is 31.2 Å². The molecule has 1 saturated carbocycles. The second-order valence-electron chi connectivity index (χ2n) is 12.1. The Balaban J connectivity index is 1.08. The van der Waals surface area contributed by atoms with Crippen molar-refractivity contribution in [1.29, 1.82) is 0 Å². The Morgan fingerprint density at radius 2 is 1.82 bits per heavy atom. The zero-order valence-corrected chi connectivity index (χ0v) is 23.1. The number of hydrogen-bond acceptors (Lipinski definition) is 4. The maximum Gasteiger partial charge on any atom is 0.167 e. The van der Waals surface area contributed by atoms with Crippen LogP contribution in [0.1, 0.15) is 85.7 Å².